The molecule has 0 unspecified atom stereocenters. The normalized spacial score (nSPS) is 11.4. The first kappa shape index (κ1) is 25.6. The molecule has 1 N–H and O–H groups in total. The van der Waals surface area contributed by atoms with E-state index in [9.17, 15) is 14.8 Å². The van der Waals surface area contributed by atoms with Crippen LogP contribution in [-0.4, -0.2) is 43.8 Å². The number of carbonyl (C=O) groups is 2. The molecule has 2 aromatic carbocycles. The van der Waals surface area contributed by atoms with Crippen molar-refractivity contribution in [3.63, 3.8) is 0 Å². The van der Waals surface area contributed by atoms with E-state index in [-0.39, 0.29) is 11.4 Å². The Morgan fingerprint density at radius 2 is 1.26 bits per heavy atom. The van der Waals surface area contributed by atoms with Gasteiger partial charge >= 0.3 is 5.97 Å². The number of halogens is 2. The van der Waals surface area contributed by atoms with Gasteiger partial charge in [0, 0.05) is 21.2 Å². The highest BCUT2D eigenvalue weighted by molar-refractivity contribution is 6.31. The molecule has 178 valence electrons. The van der Waals surface area contributed by atoms with Crippen molar-refractivity contribution in [1.29, 1.82) is 0 Å². The zero-order chi connectivity index (χ0) is 25.2. The number of hydrogen-bond donors (Lipinski definition) is 1. The molecule has 0 spiro atoms. The molecule has 7 nitrogen and oxygen atoms in total. The van der Waals surface area contributed by atoms with E-state index in [2.05, 4.69) is 9.97 Å². The van der Waals surface area contributed by atoms with Gasteiger partial charge in [0.1, 0.15) is 5.60 Å². The molecule has 0 fully saturated rings. The molecule has 1 amide bonds. The zero-order valence-electron chi connectivity index (χ0n) is 19.5. The summed E-state index contributed by atoms with van der Waals surface area (Å²) in [6.07, 6.45) is 0. The maximum absolute atomic E-state index is 13.1. The second-order valence-electron chi connectivity index (χ2n) is 8.88. The number of nitrogens with zero attached hydrogens (tertiary/aromatic N) is 3. The lowest BCUT2D eigenvalue weighted by molar-refractivity contribution is -0.0799. The second kappa shape index (κ2) is 10.1. The molecule has 3 aromatic rings. The third-order valence-electron chi connectivity index (χ3n) is 4.62. The SMILES string of the molecule is CC(C)N(O)C(=O)c1nc(-c2ccc(Cl)cc2)c(-c2ccc(Cl)cc2)nc1C(=O)OC(C)(C)C. The van der Waals surface area contributed by atoms with Gasteiger partial charge < -0.3 is 4.74 Å². The standard InChI is InChI=1S/C25H25Cl2N3O4/c1-14(2)30(33)23(31)21-22(24(32)34-25(3,4)5)29-20(16-8-12-18(27)13-9-16)19(28-21)15-6-10-17(26)11-7-15/h6-14,33H,1-5H3. The molecule has 9 heteroatoms. The highest BCUT2D eigenvalue weighted by atomic mass is 35.5. The minimum Gasteiger partial charge on any atom is -0.455 e. The van der Waals surface area contributed by atoms with Gasteiger partial charge in [0.15, 0.2) is 11.4 Å². The fourth-order valence-electron chi connectivity index (χ4n) is 3.01. The van der Waals surface area contributed by atoms with Gasteiger partial charge in [-0.15, -0.1) is 0 Å². The van der Waals surface area contributed by atoms with Crippen molar-refractivity contribution in [3.05, 3.63) is 70.0 Å². The molecule has 0 aliphatic carbocycles. The largest absolute Gasteiger partial charge is 0.455 e. The van der Waals surface area contributed by atoms with Crippen molar-refractivity contribution in [2.75, 3.05) is 0 Å². The molecule has 0 aliphatic heterocycles. The van der Waals surface area contributed by atoms with Crippen LogP contribution in [0.15, 0.2) is 48.5 Å². The van der Waals surface area contributed by atoms with E-state index < -0.39 is 23.5 Å². The molecule has 0 atom stereocenters. The summed E-state index contributed by atoms with van der Waals surface area (Å²) in [6.45, 7) is 8.36. The van der Waals surface area contributed by atoms with Gasteiger partial charge in [-0.25, -0.2) is 19.8 Å². The summed E-state index contributed by atoms with van der Waals surface area (Å²) in [5.41, 5.74) is 0.425. The Morgan fingerprint density at radius 3 is 1.65 bits per heavy atom. The van der Waals surface area contributed by atoms with Gasteiger partial charge in [0.25, 0.3) is 5.91 Å². The van der Waals surface area contributed by atoms with Gasteiger partial charge in [0.05, 0.1) is 17.4 Å². The predicted octanol–water partition coefficient (Wildman–Crippen LogP) is 6.31. The number of benzene rings is 2. The van der Waals surface area contributed by atoms with Gasteiger partial charge in [-0.05, 0) is 58.9 Å². The van der Waals surface area contributed by atoms with E-state index in [0.717, 1.165) is 0 Å². The van der Waals surface area contributed by atoms with E-state index in [1.165, 1.54) is 0 Å². The van der Waals surface area contributed by atoms with E-state index in [1.807, 2.05) is 0 Å². The first-order valence-corrected chi connectivity index (χ1v) is 11.3. The Hall–Kier alpha value is -3.00. The van der Waals surface area contributed by atoms with Crippen LogP contribution in [0, 0.1) is 0 Å². The highest BCUT2D eigenvalue weighted by Crippen LogP contribution is 2.32. The molecule has 0 saturated carbocycles. The minimum absolute atomic E-state index is 0.303. The third-order valence-corrected chi connectivity index (χ3v) is 5.13. The lowest BCUT2D eigenvalue weighted by Crippen LogP contribution is -2.36. The predicted molar refractivity (Wildman–Crippen MR) is 131 cm³/mol. The van der Waals surface area contributed by atoms with Crippen LogP contribution in [0.5, 0.6) is 0 Å². The van der Waals surface area contributed by atoms with Crippen LogP contribution < -0.4 is 0 Å². The fraction of sp³-hybridized carbons (Fsp3) is 0.280. The maximum Gasteiger partial charge on any atom is 0.359 e. The second-order valence-corrected chi connectivity index (χ2v) is 9.75. The Morgan fingerprint density at radius 1 is 0.853 bits per heavy atom. The van der Waals surface area contributed by atoms with Crippen molar-refractivity contribution in [1.82, 2.24) is 15.0 Å². The monoisotopic (exact) mass is 501 g/mol. The van der Waals surface area contributed by atoms with Crippen LogP contribution in [0.1, 0.15) is 55.6 Å². The minimum atomic E-state index is -0.874. The van der Waals surface area contributed by atoms with E-state index in [4.69, 9.17) is 27.9 Å². The quantitative estimate of drug-likeness (QED) is 0.250. The number of hydroxylamine groups is 2. The Kier molecular flexibility index (Phi) is 7.60. The van der Waals surface area contributed by atoms with E-state index in [1.54, 1.807) is 83.1 Å². The topological polar surface area (TPSA) is 92.6 Å². The summed E-state index contributed by atoms with van der Waals surface area (Å²) >= 11 is 12.1. The number of ether oxygens (including phenoxy) is 1. The van der Waals surface area contributed by atoms with Gasteiger partial charge in [0.2, 0.25) is 0 Å². The third kappa shape index (κ3) is 5.91. The number of aromatic nitrogens is 2. The summed E-state index contributed by atoms with van der Waals surface area (Å²) in [5, 5.41) is 11.9. The van der Waals surface area contributed by atoms with Crippen molar-refractivity contribution < 1.29 is 19.5 Å². The van der Waals surface area contributed by atoms with Crippen molar-refractivity contribution >= 4 is 35.1 Å². The average molecular weight is 502 g/mol. The van der Waals surface area contributed by atoms with Gasteiger partial charge in [-0.2, -0.15) is 0 Å². The number of carbonyl (C=O) groups excluding carboxylic acids is 2. The van der Waals surface area contributed by atoms with E-state index >= 15 is 0 Å². The first-order valence-electron chi connectivity index (χ1n) is 10.6. The summed E-state index contributed by atoms with van der Waals surface area (Å²) in [7, 11) is 0. The van der Waals surface area contributed by atoms with Crippen molar-refractivity contribution in [2.45, 2.75) is 46.3 Å². The Bertz CT molecular complexity index is 1200. The van der Waals surface area contributed by atoms with Crippen LogP contribution in [0.2, 0.25) is 10.0 Å². The molecule has 34 heavy (non-hydrogen) atoms. The summed E-state index contributed by atoms with van der Waals surface area (Å²) in [5.74, 6) is -1.71. The van der Waals surface area contributed by atoms with Crippen LogP contribution >= 0.6 is 23.2 Å². The zero-order valence-corrected chi connectivity index (χ0v) is 21.0. The maximum atomic E-state index is 13.1. The number of esters is 1. The van der Waals surface area contributed by atoms with Crippen LogP contribution in [0.3, 0.4) is 0 Å². The smallest absolute Gasteiger partial charge is 0.359 e. The van der Waals surface area contributed by atoms with Crippen LogP contribution in [0.25, 0.3) is 22.5 Å². The van der Waals surface area contributed by atoms with Crippen LogP contribution in [-0.2, 0) is 4.74 Å². The summed E-state index contributed by atoms with van der Waals surface area (Å²) < 4.78 is 5.49. The van der Waals surface area contributed by atoms with E-state index in [0.29, 0.717) is 37.6 Å². The molecular formula is C25H25Cl2N3O4. The molecule has 0 saturated heterocycles. The van der Waals surface area contributed by atoms with Crippen molar-refractivity contribution in [3.8, 4) is 22.5 Å². The molecule has 0 aliphatic rings. The van der Waals surface area contributed by atoms with Crippen molar-refractivity contribution in [2.24, 2.45) is 0 Å². The molecule has 0 bridgehead atoms. The number of rotatable bonds is 5. The summed E-state index contributed by atoms with van der Waals surface area (Å²) in [4.78, 5) is 35.3. The Balaban J connectivity index is 2.33. The molecule has 0 radical (unpaired) electrons. The Labute approximate surface area is 208 Å². The highest BCUT2D eigenvalue weighted by Gasteiger charge is 2.31. The number of hydrogen-bond acceptors (Lipinski definition) is 6. The summed E-state index contributed by atoms with van der Waals surface area (Å²) in [6, 6.07) is 13.1. The molecule has 1 aromatic heterocycles. The first-order chi connectivity index (χ1) is 15.9. The lowest BCUT2D eigenvalue weighted by atomic mass is 10.0. The average Bonchev–Trinajstić information content (AvgIpc) is 2.77. The van der Waals surface area contributed by atoms with Gasteiger partial charge in [-0.1, -0.05) is 47.5 Å². The molecular weight excluding hydrogens is 477 g/mol. The van der Waals surface area contributed by atoms with Gasteiger partial charge in [-0.3, -0.25) is 10.0 Å². The van der Waals surface area contributed by atoms with Crippen LogP contribution in [0.4, 0.5) is 0 Å². The molecule has 3 rings (SSSR count). The molecule has 1 heterocycles. The fourth-order valence-corrected chi connectivity index (χ4v) is 3.27. The lowest BCUT2D eigenvalue weighted by Gasteiger charge is -2.23. The number of amides is 1.